The zero-order valence-corrected chi connectivity index (χ0v) is 24.3. The third-order valence-corrected chi connectivity index (χ3v) is 8.66. The van der Waals surface area contributed by atoms with Crippen molar-refractivity contribution in [3.63, 3.8) is 0 Å². The summed E-state index contributed by atoms with van der Waals surface area (Å²) in [6, 6.07) is 20.1. The minimum absolute atomic E-state index is 0.0476. The maximum atomic E-state index is 14.2. The van der Waals surface area contributed by atoms with E-state index in [-0.39, 0.29) is 22.3 Å². The predicted octanol–water partition coefficient (Wildman–Crippen LogP) is 8.61. The topological polar surface area (TPSA) is 109 Å². The number of rotatable bonds is 8. The molecular weight excluding hydrogens is 552 g/mol. The number of hydrogen-bond donors (Lipinski definition) is 2. The molecule has 0 aromatic heterocycles. The lowest BCUT2D eigenvalue weighted by atomic mass is 9.77. The van der Waals surface area contributed by atoms with Crippen LogP contribution < -0.4 is 0 Å². The van der Waals surface area contributed by atoms with Crippen LogP contribution in [0.2, 0.25) is 0 Å². The molecule has 4 aromatic carbocycles. The van der Waals surface area contributed by atoms with Crippen LogP contribution in [0.4, 0.5) is 0 Å². The molecule has 0 spiro atoms. The number of benzene rings is 4. The number of ketones is 2. The van der Waals surface area contributed by atoms with Crippen LogP contribution in [0.1, 0.15) is 115 Å². The lowest BCUT2D eigenvalue weighted by Gasteiger charge is -2.25. The van der Waals surface area contributed by atoms with Gasteiger partial charge in [-0.15, -0.1) is 0 Å². The van der Waals surface area contributed by atoms with E-state index in [0.29, 0.717) is 45.9 Å². The molecule has 0 radical (unpaired) electrons. The first-order valence-corrected chi connectivity index (χ1v) is 15.1. The average Bonchev–Trinajstić information content (AvgIpc) is 3.07. The molecule has 6 heteroatoms. The van der Waals surface area contributed by atoms with Crippen molar-refractivity contribution < 1.29 is 29.4 Å². The number of carbonyl (C=O) groups excluding carboxylic acids is 2. The van der Waals surface area contributed by atoms with E-state index in [9.17, 15) is 29.4 Å². The largest absolute Gasteiger partial charge is 0.478 e. The molecule has 0 atom stereocenters. The van der Waals surface area contributed by atoms with Crippen LogP contribution in [0.25, 0.3) is 21.9 Å². The zero-order chi connectivity index (χ0) is 30.8. The van der Waals surface area contributed by atoms with Crippen LogP contribution in [0.5, 0.6) is 0 Å². The average molecular weight is 585 g/mol. The number of aromatic carboxylic acids is 2. The van der Waals surface area contributed by atoms with Gasteiger partial charge in [0.15, 0.2) is 11.6 Å². The molecule has 0 amide bonds. The molecule has 220 valence electrons. The summed E-state index contributed by atoms with van der Waals surface area (Å²) in [5.41, 5.74) is 3.01. The maximum Gasteiger partial charge on any atom is 0.336 e. The molecule has 0 saturated carbocycles. The van der Waals surface area contributed by atoms with Crippen molar-refractivity contribution in [3.05, 3.63) is 129 Å². The van der Waals surface area contributed by atoms with Crippen LogP contribution in [-0.4, -0.2) is 33.7 Å². The fourth-order valence-corrected chi connectivity index (χ4v) is 6.62. The fourth-order valence-electron chi connectivity index (χ4n) is 6.62. The first kappa shape index (κ1) is 29.0. The van der Waals surface area contributed by atoms with E-state index in [4.69, 9.17) is 0 Å². The van der Waals surface area contributed by atoms with Crippen LogP contribution in [-0.2, 0) is 0 Å². The summed E-state index contributed by atoms with van der Waals surface area (Å²) >= 11 is 0. The summed E-state index contributed by atoms with van der Waals surface area (Å²) in [5, 5.41) is 22.1. The third-order valence-electron chi connectivity index (χ3n) is 8.66. The predicted molar refractivity (Wildman–Crippen MR) is 171 cm³/mol. The van der Waals surface area contributed by atoms with Crippen molar-refractivity contribution in [1.82, 2.24) is 0 Å². The van der Waals surface area contributed by atoms with Crippen molar-refractivity contribution in [2.75, 3.05) is 0 Å². The lowest BCUT2D eigenvalue weighted by Crippen LogP contribution is -2.18. The minimum atomic E-state index is -1.26. The van der Waals surface area contributed by atoms with Crippen LogP contribution in [0, 0.1) is 0 Å². The third kappa shape index (κ3) is 5.28. The summed E-state index contributed by atoms with van der Waals surface area (Å²) in [7, 11) is 0. The first-order valence-electron chi connectivity index (χ1n) is 15.1. The van der Waals surface area contributed by atoms with Gasteiger partial charge in [-0.3, -0.25) is 9.59 Å². The number of allylic oxidation sites excluding steroid dienone is 4. The van der Waals surface area contributed by atoms with Crippen molar-refractivity contribution in [2.45, 2.75) is 51.4 Å². The van der Waals surface area contributed by atoms with Crippen LogP contribution in [0.3, 0.4) is 0 Å². The highest BCUT2D eigenvalue weighted by molar-refractivity contribution is 6.25. The van der Waals surface area contributed by atoms with Crippen molar-refractivity contribution in [2.24, 2.45) is 0 Å². The number of carboxylic acid groups (broad SMARTS) is 2. The molecule has 0 unspecified atom stereocenters. The van der Waals surface area contributed by atoms with Crippen molar-refractivity contribution >= 4 is 45.4 Å². The fraction of sp³-hybridized carbons (Fsp3) is 0.211. The van der Waals surface area contributed by atoms with E-state index in [2.05, 4.69) is 0 Å². The molecule has 0 bridgehead atoms. The Morgan fingerprint density at radius 2 is 0.909 bits per heavy atom. The summed E-state index contributed by atoms with van der Waals surface area (Å²) < 4.78 is 0. The first-order chi connectivity index (χ1) is 21.4. The Balaban J connectivity index is 1.81. The Bertz CT molecular complexity index is 1740. The summed E-state index contributed by atoms with van der Waals surface area (Å²) in [5.74, 6) is -3.39. The molecule has 4 aromatic rings. The molecule has 0 heterocycles. The molecule has 2 aliphatic rings. The second kappa shape index (κ2) is 12.3. The van der Waals surface area contributed by atoms with Crippen LogP contribution in [0.15, 0.2) is 84.9 Å². The van der Waals surface area contributed by atoms with Crippen molar-refractivity contribution in [3.8, 4) is 0 Å². The van der Waals surface area contributed by atoms with Gasteiger partial charge >= 0.3 is 11.9 Å². The maximum absolute atomic E-state index is 14.2. The van der Waals surface area contributed by atoms with Gasteiger partial charge in [0.1, 0.15) is 0 Å². The molecule has 2 aliphatic carbocycles. The molecule has 0 saturated heterocycles. The molecular formula is C38H32O6. The summed E-state index contributed by atoms with van der Waals surface area (Å²) in [4.78, 5) is 54.3. The van der Waals surface area contributed by atoms with Gasteiger partial charge in [-0.2, -0.15) is 0 Å². The SMILES string of the molecule is O=C(O)c1cc2c(C3=CCCCC3)c(C(=O)c3ccccc3)c(C(=O)O)cc2c(C2=CCCCC2)c1C(=O)c1ccccc1. The number of hydrogen-bond acceptors (Lipinski definition) is 4. The van der Waals surface area contributed by atoms with Gasteiger partial charge in [-0.25, -0.2) is 9.59 Å². The molecule has 6 rings (SSSR count). The van der Waals surface area contributed by atoms with Gasteiger partial charge in [0.05, 0.1) is 11.1 Å². The Labute approximate surface area is 255 Å². The van der Waals surface area contributed by atoms with Gasteiger partial charge < -0.3 is 10.2 Å². The lowest BCUT2D eigenvalue weighted by molar-refractivity contribution is 0.0683. The summed E-state index contributed by atoms with van der Waals surface area (Å²) in [6.45, 7) is 0. The highest BCUT2D eigenvalue weighted by Crippen LogP contribution is 2.44. The smallest absolute Gasteiger partial charge is 0.336 e. The molecule has 0 aliphatic heterocycles. The van der Waals surface area contributed by atoms with Gasteiger partial charge in [0.25, 0.3) is 0 Å². The Hall–Kier alpha value is -5.10. The summed E-state index contributed by atoms with van der Waals surface area (Å²) in [6.07, 6.45) is 10.5. The van der Waals surface area contributed by atoms with Gasteiger partial charge in [-0.1, -0.05) is 72.8 Å². The Kier molecular flexibility index (Phi) is 8.07. The van der Waals surface area contributed by atoms with E-state index < -0.39 is 23.5 Å². The van der Waals surface area contributed by atoms with Gasteiger partial charge in [0, 0.05) is 22.3 Å². The highest BCUT2D eigenvalue weighted by Gasteiger charge is 2.32. The van der Waals surface area contributed by atoms with E-state index in [0.717, 1.165) is 49.7 Å². The highest BCUT2D eigenvalue weighted by atomic mass is 16.4. The van der Waals surface area contributed by atoms with Crippen LogP contribution >= 0.6 is 0 Å². The number of fused-ring (bicyclic) bond motifs is 1. The monoisotopic (exact) mass is 584 g/mol. The normalized spacial score (nSPS) is 14.9. The van der Waals surface area contributed by atoms with Gasteiger partial charge in [-0.05, 0) is 96.5 Å². The van der Waals surface area contributed by atoms with Crippen molar-refractivity contribution in [1.29, 1.82) is 0 Å². The minimum Gasteiger partial charge on any atom is -0.478 e. The second-order valence-corrected chi connectivity index (χ2v) is 11.4. The Morgan fingerprint density at radius 1 is 0.523 bits per heavy atom. The molecule has 2 N–H and O–H groups in total. The number of carbonyl (C=O) groups is 4. The quantitative estimate of drug-likeness (QED) is 0.201. The molecule has 6 nitrogen and oxygen atoms in total. The van der Waals surface area contributed by atoms with E-state index in [1.165, 1.54) is 12.1 Å². The Morgan fingerprint density at radius 3 is 1.23 bits per heavy atom. The van der Waals surface area contributed by atoms with E-state index in [1.54, 1.807) is 60.7 Å². The van der Waals surface area contributed by atoms with E-state index >= 15 is 0 Å². The molecule has 44 heavy (non-hydrogen) atoms. The van der Waals surface area contributed by atoms with Gasteiger partial charge in [0.2, 0.25) is 0 Å². The van der Waals surface area contributed by atoms with E-state index in [1.807, 2.05) is 12.2 Å². The molecule has 0 fully saturated rings. The zero-order valence-electron chi connectivity index (χ0n) is 24.3. The number of carboxylic acids is 2. The second-order valence-electron chi connectivity index (χ2n) is 11.4. The standard InChI is InChI=1S/C38H32O6/c39-35(25-17-9-3-10-18-25)33-29(37(41)42)22-28-27(31(33)23-13-5-1-6-14-23)21-30(38(43)44)34(32(28)24-15-7-2-8-16-24)36(40)26-19-11-4-12-20-26/h3-4,9-13,15,17-22H,1-2,5-8,14,16H2,(H,41,42)(H,43,44).